The first-order valence-electron chi connectivity index (χ1n) is 5.49. The minimum atomic E-state index is 0.550. The van der Waals surface area contributed by atoms with E-state index >= 15 is 0 Å². The van der Waals surface area contributed by atoms with E-state index in [0.29, 0.717) is 6.54 Å². The van der Waals surface area contributed by atoms with Gasteiger partial charge in [0.2, 0.25) is 0 Å². The van der Waals surface area contributed by atoms with Crippen molar-refractivity contribution in [2.75, 3.05) is 0 Å². The van der Waals surface area contributed by atoms with Crippen molar-refractivity contribution in [2.45, 2.75) is 46.1 Å². The van der Waals surface area contributed by atoms with Gasteiger partial charge in [-0.05, 0) is 30.5 Å². The van der Waals surface area contributed by atoms with Gasteiger partial charge >= 0.3 is 0 Å². The third kappa shape index (κ3) is 3.11. The molecule has 0 saturated heterocycles. The zero-order valence-corrected chi connectivity index (χ0v) is 9.21. The summed E-state index contributed by atoms with van der Waals surface area (Å²) in [5, 5.41) is 0. The number of hydrogen-bond acceptors (Lipinski definition) is 2. The molecule has 0 atom stereocenters. The third-order valence-corrected chi connectivity index (χ3v) is 2.25. The molecule has 2 heteroatoms. The smallest absolute Gasteiger partial charge is 0.0545 e. The second kappa shape index (κ2) is 5.76. The largest absolute Gasteiger partial charge is 0.325 e. The van der Waals surface area contributed by atoms with Crippen LogP contribution in [-0.2, 0) is 19.4 Å². The quantitative estimate of drug-likeness (QED) is 0.778. The zero-order valence-electron chi connectivity index (χ0n) is 9.21. The molecule has 0 aliphatic carbocycles. The lowest BCUT2D eigenvalue weighted by Gasteiger charge is -2.06. The van der Waals surface area contributed by atoms with E-state index in [9.17, 15) is 0 Å². The van der Waals surface area contributed by atoms with Gasteiger partial charge in [-0.2, -0.15) is 0 Å². The maximum absolute atomic E-state index is 5.62. The topological polar surface area (TPSA) is 38.9 Å². The van der Waals surface area contributed by atoms with Crippen molar-refractivity contribution in [3.63, 3.8) is 0 Å². The molecule has 0 aliphatic heterocycles. The molecule has 0 radical (unpaired) electrons. The van der Waals surface area contributed by atoms with E-state index in [4.69, 9.17) is 5.73 Å². The van der Waals surface area contributed by atoms with Crippen molar-refractivity contribution >= 4 is 0 Å². The number of nitrogens with two attached hydrogens (primary N) is 1. The second-order valence-corrected chi connectivity index (χ2v) is 3.66. The minimum Gasteiger partial charge on any atom is -0.325 e. The first-order valence-corrected chi connectivity index (χ1v) is 5.49. The Labute approximate surface area is 86.5 Å². The molecular weight excluding hydrogens is 172 g/mol. The van der Waals surface area contributed by atoms with Crippen LogP contribution < -0.4 is 5.73 Å². The maximum Gasteiger partial charge on any atom is 0.0545 e. The fraction of sp³-hybridized carbons (Fsp3) is 0.583. The molecule has 1 rings (SSSR count). The summed E-state index contributed by atoms with van der Waals surface area (Å²) in [6, 6.07) is 4.34. The van der Waals surface area contributed by atoms with Crippen LogP contribution in [0.1, 0.15) is 43.6 Å². The SMILES string of the molecule is CCCc1cc(CN)nc(CCC)c1. The van der Waals surface area contributed by atoms with Gasteiger partial charge in [-0.3, -0.25) is 4.98 Å². The van der Waals surface area contributed by atoms with Gasteiger partial charge in [0.05, 0.1) is 5.69 Å². The average molecular weight is 192 g/mol. The first-order chi connectivity index (χ1) is 6.80. The van der Waals surface area contributed by atoms with Gasteiger partial charge in [0.15, 0.2) is 0 Å². The molecule has 1 aromatic heterocycles. The first kappa shape index (κ1) is 11.2. The summed E-state index contributed by atoms with van der Waals surface area (Å²) in [7, 11) is 0. The Kier molecular flexibility index (Phi) is 4.60. The van der Waals surface area contributed by atoms with Crippen LogP contribution in [0.3, 0.4) is 0 Å². The molecule has 2 nitrogen and oxygen atoms in total. The van der Waals surface area contributed by atoms with E-state index in [1.807, 2.05) is 0 Å². The van der Waals surface area contributed by atoms with Crippen LogP contribution in [0.2, 0.25) is 0 Å². The molecule has 0 aromatic carbocycles. The van der Waals surface area contributed by atoms with Crippen molar-refractivity contribution in [1.82, 2.24) is 4.98 Å². The summed E-state index contributed by atoms with van der Waals surface area (Å²) < 4.78 is 0. The lowest BCUT2D eigenvalue weighted by Crippen LogP contribution is -2.04. The van der Waals surface area contributed by atoms with Gasteiger partial charge in [0.25, 0.3) is 0 Å². The number of aryl methyl sites for hydroxylation is 2. The predicted molar refractivity (Wildman–Crippen MR) is 60.1 cm³/mol. The van der Waals surface area contributed by atoms with Gasteiger partial charge in [-0.1, -0.05) is 26.7 Å². The summed E-state index contributed by atoms with van der Waals surface area (Å²) in [4.78, 5) is 4.50. The van der Waals surface area contributed by atoms with Crippen molar-refractivity contribution in [1.29, 1.82) is 0 Å². The molecule has 78 valence electrons. The number of rotatable bonds is 5. The Morgan fingerprint density at radius 3 is 2.29 bits per heavy atom. The van der Waals surface area contributed by atoms with Crippen LogP contribution in [0, 0.1) is 0 Å². The van der Waals surface area contributed by atoms with Crippen LogP contribution in [0.4, 0.5) is 0 Å². The molecule has 0 saturated carbocycles. The van der Waals surface area contributed by atoms with Crippen LogP contribution >= 0.6 is 0 Å². The van der Waals surface area contributed by atoms with E-state index in [1.165, 1.54) is 17.7 Å². The summed E-state index contributed by atoms with van der Waals surface area (Å²) in [5.74, 6) is 0. The maximum atomic E-state index is 5.62. The van der Waals surface area contributed by atoms with Gasteiger partial charge in [-0.15, -0.1) is 0 Å². The summed E-state index contributed by atoms with van der Waals surface area (Å²) in [5.41, 5.74) is 9.22. The van der Waals surface area contributed by atoms with Crippen LogP contribution in [0.15, 0.2) is 12.1 Å². The highest BCUT2D eigenvalue weighted by molar-refractivity contribution is 5.22. The van der Waals surface area contributed by atoms with E-state index in [0.717, 1.165) is 25.0 Å². The average Bonchev–Trinajstić information content (AvgIpc) is 2.18. The fourth-order valence-corrected chi connectivity index (χ4v) is 1.64. The molecule has 0 amide bonds. The Morgan fingerprint density at radius 1 is 1.07 bits per heavy atom. The number of nitrogens with zero attached hydrogens (tertiary/aromatic N) is 1. The lowest BCUT2D eigenvalue weighted by molar-refractivity contribution is 0.836. The standard InChI is InChI=1S/C12H20N2/c1-3-5-10-7-11(6-4-2)14-12(8-10)9-13/h7-8H,3-6,9,13H2,1-2H3. The van der Waals surface area contributed by atoms with Crippen molar-refractivity contribution in [2.24, 2.45) is 5.73 Å². The minimum absolute atomic E-state index is 0.550. The number of aromatic nitrogens is 1. The molecule has 1 aromatic rings. The Hall–Kier alpha value is -0.890. The molecule has 14 heavy (non-hydrogen) atoms. The molecule has 0 aliphatic rings. The second-order valence-electron chi connectivity index (χ2n) is 3.66. The van der Waals surface area contributed by atoms with Gasteiger partial charge in [-0.25, -0.2) is 0 Å². The van der Waals surface area contributed by atoms with Gasteiger partial charge < -0.3 is 5.73 Å². The molecule has 0 fully saturated rings. The molecule has 0 spiro atoms. The predicted octanol–water partition coefficient (Wildman–Crippen LogP) is 2.45. The summed E-state index contributed by atoms with van der Waals surface area (Å²) in [6.07, 6.45) is 4.52. The fourth-order valence-electron chi connectivity index (χ4n) is 1.64. The summed E-state index contributed by atoms with van der Waals surface area (Å²) >= 11 is 0. The van der Waals surface area contributed by atoms with Crippen molar-refractivity contribution in [3.8, 4) is 0 Å². The van der Waals surface area contributed by atoms with Crippen molar-refractivity contribution in [3.05, 3.63) is 29.1 Å². The van der Waals surface area contributed by atoms with E-state index in [1.54, 1.807) is 0 Å². The van der Waals surface area contributed by atoms with Crippen LogP contribution in [0.25, 0.3) is 0 Å². The Bertz CT molecular complexity index is 257. The Balaban J connectivity index is 2.88. The van der Waals surface area contributed by atoms with E-state index in [-0.39, 0.29) is 0 Å². The molecule has 0 unspecified atom stereocenters. The van der Waals surface area contributed by atoms with E-state index < -0.39 is 0 Å². The summed E-state index contributed by atoms with van der Waals surface area (Å²) in [6.45, 7) is 4.92. The van der Waals surface area contributed by atoms with Crippen LogP contribution in [0.5, 0.6) is 0 Å². The molecule has 1 heterocycles. The van der Waals surface area contributed by atoms with Crippen LogP contribution in [-0.4, -0.2) is 4.98 Å². The highest BCUT2D eigenvalue weighted by Crippen LogP contribution is 2.10. The monoisotopic (exact) mass is 192 g/mol. The highest BCUT2D eigenvalue weighted by Gasteiger charge is 2.00. The van der Waals surface area contributed by atoms with E-state index in [2.05, 4.69) is 31.0 Å². The normalized spacial score (nSPS) is 10.5. The Morgan fingerprint density at radius 2 is 1.71 bits per heavy atom. The molecule has 0 bridgehead atoms. The van der Waals surface area contributed by atoms with Gasteiger partial charge in [0, 0.05) is 12.2 Å². The lowest BCUT2D eigenvalue weighted by atomic mass is 10.1. The zero-order chi connectivity index (χ0) is 10.4. The molecule has 2 N–H and O–H groups in total. The van der Waals surface area contributed by atoms with Crippen molar-refractivity contribution < 1.29 is 0 Å². The van der Waals surface area contributed by atoms with Gasteiger partial charge in [0.1, 0.15) is 0 Å². The number of hydrogen-bond donors (Lipinski definition) is 1. The molecular formula is C12H20N2. The highest BCUT2D eigenvalue weighted by atomic mass is 14.7. The third-order valence-electron chi connectivity index (χ3n) is 2.25. The number of pyridine rings is 1.